The summed E-state index contributed by atoms with van der Waals surface area (Å²) in [5, 5.41) is 12.4. The number of halogens is 2. The number of rotatable bonds is 5. The van der Waals surface area contributed by atoms with Gasteiger partial charge in [-0.25, -0.2) is 8.78 Å². The van der Waals surface area contributed by atoms with Crippen LogP contribution in [-0.2, 0) is 4.79 Å². The Bertz CT molecular complexity index is 552. The van der Waals surface area contributed by atoms with Crippen LogP contribution in [0, 0.1) is 17.0 Å². The first-order valence-corrected chi connectivity index (χ1v) is 7.38. The van der Waals surface area contributed by atoms with Gasteiger partial charge in [0.1, 0.15) is 5.75 Å². The van der Waals surface area contributed by atoms with Crippen LogP contribution in [0.25, 0.3) is 0 Å². The van der Waals surface area contributed by atoms with E-state index in [-0.39, 0.29) is 29.7 Å². The molecule has 122 valence electrons. The third-order valence-electron chi connectivity index (χ3n) is 4.33. The van der Waals surface area contributed by atoms with E-state index in [1.165, 1.54) is 6.07 Å². The Morgan fingerprint density at radius 1 is 1.50 bits per heavy atom. The first-order valence-electron chi connectivity index (χ1n) is 7.38. The maximum atomic E-state index is 13.1. The Labute approximate surface area is 128 Å². The van der Waals surface area contributed by atoms with Gasteiger partial charge < -0.3 is 15.2 Å². The van der Waals surface area contributed by atoms with Gasteiger partial charge in [-0.15, -0.1) is 0 Å². The number of carbonyl (C=O) groups is 1. The van der Waals surface area contributed by atoms with Crippen LogP contribution in [0.1, 0.15) is 33.1 Å². The van der Waals surface area contributed by atoms with Gasteiger partial charge in [-0.05, 0) is 31.9 Å². The van der Waals surface area contributed by atoms with Crippen molar-refractivity contribution in [2.24, 2.45) is 5.41 Å². The number of hydrogen-bond donors (Lipinski definition) is 2. The second-order valence-electron chi connectivity index (χ2n) is 6.10. The van der Waals surface area contributed by atoms with Crippen LogP contribution < -0.4 is 10.1 Å². The highest BCUT2D eigenvalue weighted by Gasteiger charge is 2.39. The molecule has 0 spiro atoms. The maximum absolute atomic E-state index is 13.1. The molecule has 22 heavy (non-hydrogen) atoms. The molecule has 1 amide bonds. The average molecular weight is 313 g/mol. The molecule has 3 atom stereocenters. The standard InChI is InChI=1S/C16H21F2NO3/c1-10(22-11-5-6-12(17)13(18)8-11)15(21)19-14-4-3-7-16(14,2)9-20/h5-6,8,10,14,20H,3-4,7,9H2,1-2H3,(H,19,21). The summed E-state index contributed by atoms with van der Waals surface area (Å²) in [6.45, 7) is 3.49. The number of aliphatic hydroxyl groups is 1. The minimum atomic E-state index is -1.02. The average Bonchev–Trinajstić information content (AvgIpc) is 2.84. The molecule has 1 aromatic rings. The second kappa shape index (κ2) is 6.60. The molecule has 1 aliphatic rings. The fourth-order valence-electron chi connectivity index (χ4n) is 2.77. The fourth-order valence-corrected chi connectivity index (χ4v) is 2.77. The molecule has 0 bridgehead atoms. The van der Waals surface area contributed by atoms with Crippen molar-refractivity contribution in [3.05, 3.63) is 29.8 Å². The molecule has 0 aromatic heterocycles. The van der Waals surface area contributed by atoms with Crippen molar-refractivity contribution >= 4 is 5.91 Å². The van der Waals surface area contributed by atoms with Crippen molar-refractivity contribution in [1.82, 2.24) is 5.32 Å². The molecule has 3 unspecified atom stereocenters. The van der Waals surface area contributed by atoms with E-state index in [1.54, 1.807) is 6.92 Å². The molecule has 2 N–H and O–H groups in total. The number of carbonyl (C=O) groups excluding carboxylic acids is 1. The largest absolute Gasteiger partial charge is 0.481 e. The molecule has 1 aliphatic carbocycles. The lowest BCUT2D eigenvalue weighted by Gasteiger charge is -2.31. The smallest absolute Gasteiger partial charge is 0.261 e. The summed E-state index contributed by atoms with van der Waals surface area (Å²) in [6.07, 6.45) is 1.77. The monoisotopic (exact) mass is 313 g/mol. The highest BCUT2D eigenvalue weighted by Crippen LogP contribution is 2.37. The predicted octanol–water partition coefficient (Wildman–Crippen LogP) is 2.40. The van der Waals surface area contributed by atoms with Crippen molar-refractivity contribution in [3.63, 3.8) is 0 Å². The van der Waals surface area contributed by atoms with E-state index < -0.39 is 17.7 Å². The van der Waals surface area contributed by atoms with E-state index in [9.17, 15) is 18.7 Å². The molecule has 1 aromatic carbocycles. The van der Waals surface area contributed by atoms with Gasteiger partial charge in [-0.1, -0.05) is 13.3 Å². The third kappa shape index (κ3) is 3.55. The summed E-state index contributed by atoms with van der Waals surface area (Å²) in [5.74, 6) is -2.22. The molecule has 0 heterocycles. The Balaban J connectivity index is 1.96. The number of aliphatic hydroxyl groups excluding tert-OH is 1. The topological polar surface area (TPSA) is 58.6 Å². The van der Waals surface area contributed by atoms with E-state index in [0.29, 0.717) is 0 Å². The van der Waals surface area contributed by atoms with E-state index in [4.69, 9.17) is 4.74 Å². The van der Waals surface area contributed by atoms with Crippen molar-refractivity contribution in [2.45, 2.75) is 45.3 Å². The van der Waals surface area contributed by atoms with Crippen LogP contribution in [0.2, 0.25) is 0 Å². The van der Waals surface area contributed by atoms with Crippen molar-refractivity contribution < 1.29 is 23.4 Å². The highest BCUT2D eigenvalue weighted by atomic mass is 19.2. The van der Waals surface area contributed by atoms with Crippen LogP contribution in [0.4, 0.5) is 8.78 Å². The summed E-state index contributed by atoms with van der Waals surface area (Å²) < 4.78 is 31.3. The van der Waals surface area contributed by atoms with Crippen LogP contribution in [0.15, 0.2) is 18.2 Å². The van der Waals surface area contributed by atoms with Gasteiger partial charge in [-0.2, -0.15) is 0 Å². The Hall–Kier alpha value is -1.69. The normalized spacial score (nSPS) is 25.8. The molecule has 4 nitrogen and oxygen atoms in total. The lowest BCUT2D eigenvalue weighted by atomic mass is 9.85. The SMILES string of the molecule is CC(Oc1ccc(F)c(F)c1)C(=O)NC1CCCC1(C)CO. The van der Waals surface area contributed by atoms with Crippen molar-refractivity contribution in [3.8, 4) is 5.75 Å². The van der Waals surface area contributed by atoms with E-state index >= 15 is 0 Å². The molecule has 6 heteroatoms. The second-order valence-corrected chi connectivity index (χ2v) is 6.10. The Morgan fingerprint density at radius 2 is 2.23 bits per heavy atom. The van der Waals surface area contributed by atoms with Gasteiger partial charge in [0, 0.05) is 17.5 Å². The molecule has 1 saturated carbocycles. The zero-order valence-corrected chi connectivity index (χ0v) is 12.7. The van der Waals surface area contributed by atoms with Crippen LogP contribution in [-0.4, -0.2) is 29.8 Å². The fraction of sp³-hybridized carbons (Fsp3) is 0.562. The molecule has 2 rings (SSSR count). The minimum absolute atomic E-state index is 0.0103. The van der Waals surface area contributed by atoms with Gasteiger partial charge in [-0.3, -0.25) is 4.79 Å². The maximum Gasteiger partial charge on any atom is 0.261 e. The first-order chi connectivity index (χ1) is 10.4. The zero-order valence-electron chi connectivity index (χ0n) is 12.7. The summed E-state index contributed by atoms with van der Waals surface area (Å²) in [4.78, 5) is 12.2. The van der Waals surface area contributed by atoms with Crippen LogP contribution >= 0.6 is 0 Å². The lowest BCUT2D eigenvalue weighted by molar-refractivity contribution is -0.128. The summed E-state index contributed by atoms with van der Waals surface area (Å²) in [7, 11) is 0. The van der Waals surface area contributed by atoms with Crippen molar-refractivity contribution in [1.29, 1.82) is 0 Å². The molecule has 0 saturated heterocycles. The lowest BCUT2D eigenvalue weighted by Crippen LogP contribution is -2.48. The number of nitrogens with one attached hydrogen (secondary N) is 1. The van der Waals surface area contributed by atoms with E-state index in [2.05, 4.69) is 5.32 Å². The molecular weight excluding hydrogens is 292 g/mol. The number of amides is 1. The minimum Gasteiger partial charge on any atom is -0.481 e. The van der Waals surface area contributed by atoms with Gasteiger partial charge >= 0.3 is 0 Å². The first kappa shape index (κ1) is 16.7. The molecule has 0 radical (unpaired) electrons. The Morgan fingerprint density at radius 3 is 2.86 bits per heavy atom. The quantitative estimate of drug-likeness (QED) is 0.877. The molecule has 0 aliphatic heterocycles. The van der Waals surface area contributed by atoms with Gasteiger partial charge in [0.15, 0.2) is 17.7 Å². The molecule has 1 fully saturated rings. The summed E-state index contributed by atoms with van der Waals surface area (Å²) in [5.41, 5.74) is -0.322. The van der Waals surface area contributed by atoms with Gasteiger partial charge in [0.05, 0.1) is 6.61 Å². The number of benzene rings is 1. The number of ether oxygens (including phenoxy) is 1. The summed E-state index contributed by atoms with van der Waals surface area (Å²) in [6, 6.07) is 3.03. The van der Waals surface area contributed by atoms with E-state index in [1.807, 2.05) is 6.92 Å². The van der Waals surface area contributed by atoms with Crippen molar-refractivity contribution in [2.75, 3.05) is 6.61 Å². The van der Waals surface area contributed by atoms with Gasteiger partial charge in [0.2, 0.25) is 0 Å². The molecular formula is C16H21F2NO3. The zero-order chi connectivity index (χ0) is 16.3. The highest BCUT2D eigenvalue weighted by molar-refractivity contribution is 5.81. The van der Waals surface area contributed by atoms with Crippen LogP contribution in [0.3, 0.4) is 0 Å². The third-order valence-corrected chi connectivity index (χ3v) is 4.33. The van der Waals surface area contributed by atoms with Crippen LogP contribution in [0.5, 0.6) is 5.75 Å². The van der Waals surface area contributed by atoms with Gasteiger partial charge in [0.25, 0.3) is 5.91 Å². The Kier molecular flexibility index (Phi) is 5.01. The summed E-state index contributed by atoms with van der Waals surface area (Å²) >= 11 is 0. The van der Waals surface area contributed by atoms with E-state index in [0.717, 1.165) is 31.4 Å². The predicted molar refractivity (Wildman–Crippen MR) is 77.4 cm³/mol. The number of hydrogen-bond acceptors (Lipinski definition) is 3.